The predicted molar refractivity (Wildman–Crippen MR) is 110 cm³/mol. The van der Waals surface area contributed by atoms with E-state index in [2.05, 4.69) is 34.6 Å². The molecule has 21 heavy (non-hydrogen) atoms. The summed E-state index contributed by atoms with van der Waals surface area (Å²) in [6, 6.07) is 0. The SMILES string of the molecule is CC.CC.CC.CC.CCCC(C)CC.CCCCCC. The summed E-state index contributed by atoms with van der Waals surface area (Å²) in [7, 11) is 0. The van der Waals surface area contributed by atoms with Gasteiger partial charge in [-0.2, -0.15) is 0 Å². The van der Waals surface area contributed by atoms with Crippen LogP contribution in [0.2, 0.25) is 0 Å². The first-order valence-electron chi connectivity index (χ1n) is 10.2. The van der Waals surface area contributed by atoms with Gasteiger partial charge in [0.25, 0.3) is 0 Å². The molecule has 0 aromatic carbocycles. The van der Waals surface area contributed by atoms with Crippen molar-refractivity contribution in [2.45, 2.75) is 135 Å². The first-order chi connectivity index (χ1) is 10.2. The molecule has 138 valence electrons. The molecule has 0 aliphatic carbocycles. The van der Waals surface area contributed by atoms with Gasteiger partial charge in [0.2, 0.25) is 0 Å². The van der Waals surface area contributed by atoms with Crippen LogP contribution in [0.1, 0.15) is 135 Å². The lowest BCUT2D eigenvalue weighted by Gasteiger charge is -2.02. The van der Waals surface area contributed by atoms with Crippen molar-refractivity contribution >= 4 is 0 Å². The maximum Gasteiger partial charge on any atom is -0.0446 e. The van der Waals surface area contributed by atoms with Crippen LogP contribution in [0.15, 0.2) is 0 Å². The van der Waals surface area contributed by atoms with Crippen molar-refractivity contribution in [1.82, 2.24) is 0 Å². The Balaban J connectivity index is -0.0000000365. The summed E-state index contributed by atoms with van der Waals surface area (Å²) >= 11 is 0. The van der Waals surface area contributed by atoms with Crippen molar-refractivity contribution in [3.63, 3.8) is 0 Å². The maximum atomic E-state index is 2.31. The predicted octanol–water partition coefficient (Wildman–Crippen LogP) is 9.52. The average Bonchev–Trinajstić information content (AvgIpc) is 2.61. The summed E-state index contributed by atoms with van der Waals surface area (Å²) in [6.07, 6.45) is 9.62. The summed E-state index contributed by atoms with van der Waals surface area (Å²) in [5.74, 6) is 0.949. The minimum atomic E-state index is 0.949. The second-order valence-corrected chi connectivity index (χ2v) is 4.01. The fourth-order valence-electron chi connectivity index (χ4n) is 1.20. The number of hydrogen-bond donors (Lipinski definition) is 0. The van der Waals surface area contributed by atoms with E-state index in [1.807, 2.05) is 55.4 Å². The zero-order chi connectivity index (χ0) is 18.5. The lowest BCUT2D eigenvalue weighted by molar-refractivity contribution is 0.509. The maximum absolute atomic E-state index is 2.31. The molecule has 0 heteroatoms. The highest BCUT2D eigenvalue weighted by Gasteiger charge is 1.92. The van der Waals surface area contributed by atoms with E-state index in [0.717, 1.165) is 5.92 Å². The van der Waals surface area contributed by atoms with Gasteiger partial charge in [-0.3, -0.25) is 0 Å². The Bertz CT molecular complexity index is 62.4. The normalized spacial score (nSPS) is 8.43. The van der Waals surface area contributed by atoms with Gasteiger partial charge in [-0.1, -0.05) is 135 Å². The Morgan fingerprint density at radius 2 is 0.810 bits per heavy atom. The van der Waals surface area contributed by atoms with Gasteiger partial charge in [0.05, 0.1) is 0 Å². The molecule has 0 spiro atoms. The lowest BCUT2D eigenvalue weighted by Crippen LogP contribution is -1.88. The Labute approximate surface area is 141 Å². The van der Waals surface area contributed by atoms with E-state index in [9.17, 15) is 0 Å². The molecule has 0 saturated carbocycles. The van der Waals surface area contributed by atoms with Crippen molar-refractivity contribution in [2.24, 2.45) is 5.92 Å². The molecule has 0 aliphatic rings. The van der Waals surface area contributed by atoms with Crippen LogP contribution in [0, 0.1) is 5.92 Å². The van der Waals surface area contributed by atoms with Gasteiger partial charge in [-0.25, -0.2) is 0 Å². The van der Waals surface area contributed by atoms with Crippen LogP contribution in [-0.2, 0) is 0 Å². The smallest absolute Gasteiger partial charge is 0.0446 e. The van der Waals surface area contributed by atoms with Crippen molar-refractivity contribution in [1.29, 1.82) is 0 Å². The second-order valence-electron chi connectivity index (χ2n) is 4.01. The molecule has 0 rings (SSSR count). The van der Waals surface area contributed by atoms with Crippen LogP contribution in [0.4, 0.5) is 0 Å². The van der Waals surface area contributed by atoms with Crippen molar-refractivity contribution in [2.75, 3.05) is 0 Å². The van der Waals surface area contributed by atoms with Crippen LogP contribution in [0.5, 0.6) is 0 Å². The van der Waals surface area contributed by atoms with Gasteiger partial charge in [0.15, 0.2) is 0 Å². The summed E-state index contributed by atoms with van der Waals surface area (Å²) in [5, 5.41) is 0. The molecule has 0 saturated heterocycles. The van der Waals surface area contributed by atoms with E-state index >= 15 is 0 Å². The Hall–Kier alpha value is 0. The molecule has 0 aliphatic heterocycles. The molecule has 1 atom stereocenters. The van der Waals surface area contributed by atoms with Crippen molar-refractivity contribution < 1.29 is 0 Å². The number of hydrogen-bond acceptors (Lipinski definition) is 0. The highest BCUT2D eigenvalue weighted by atomic mass is 14.0. The van der Waals surface area contributed by atoms with Crippen LogP contribution >= 0.6 is 0 Å². The standard InChI is InChI=1S/C7H16.C6H14.4C2H6/c1-4-6-7(3)5-2;1-3-5-6-4-2;4*1-2/h7H,4-6H2,1-3H3;3-6H2,1-2H3;4*1-2H3. The van der Waals surface area contributed by atoms with Gasteiger partial charge in [-0.15, -0.1) is 0 Å². The molecule has 0 bridgehead atoms. The van der Waals surface area contributed by atoms with Gasteiger partial charge >= 0.3 is 0 Å². The monoisotopic (exact) mass is 306 g/mol. The zero-order valence-corrected chi connectivity index (χ0v) is 18.5. The van der Waals surface area contributed by atoms with E-state index in [4.69, 9.17) is 0 Å². The van der Waals surface area contributed by atoms with Gasteiger partial charge in [0.1, 0.15) is 0 Å². The minimum absolute atomic E-state index is 0.949. The molecule has 0 N–H and O–H groups in total. The highest BCUT2D eigenvalue weighted by molar-refractivity contribution is 4.45. The van der Waals surface area contributed by atoms with E-state index in [-0.39, 0.29) is 0 Å². The quantitative estimate of drug-likeness (QED) is 0.428. The summed E-state index contributed by atoms with van der Waals surface area (Å²) in [6.45, 7) is 27.3. The third-order valence-corrected chi connectivity index (χ3v) is 2.44. The van der Waals surface area contributed by atoms with Gasteiger partial charge in [-0.05, 0) is 5.92 Å². The van der Waals surface area contributed by atoms with E-state index in [0.29, 0.717) is 0 Å². The molecule has 1 unspecified atom stereocenters. The highest BCUT2D eigenvalue weighted by Crippen LogP contribution is 2.07. The van der Waals surface area contributed by atoms with Crippen molar-refractivity contribution in [3.05, 3.63) is 0 Å². The summed E-state index contributed by atoms with van der Waals surface area (Å²) in [4.78, 5) is 0. The number of unbranched alkanes of at least 4 members (excludes halogenated alkanes) is 3. The Morgan fingerprint density at radius 3 is 0.905 bits per heavy atom. The van der Waals surface area contributed by atoms with Crippen molar-refractivity contribution in [3.8, 4) is 0 Å². The molecule has 0 amide bonds. The molecule has 0 radical (unpaired) electrons. The Kier molecular flexibility index (Phi) is 128. The second kappa shape index (κ2) is 72.2. The molecular formula is C21H54. The van der Waals surface area contributed by atoms with Crippen LogP contribution in [0.3, 0.4) is 0 Å². The van der Waals surface area contributed by atoms with Crippen LogP contribution in [-0.4, -0.2) is 0 Å². The largest absolute Gasteiger partial charge is 0.0683 e. The molecule has 0 nitrogen and oxygen atoms in total. The lowest BCUT2D eigenvalue weighted by atomic mass is 10.0. The number of rotatable bonds is 6. The van der Waals surface area contributed by atoms with E-state index in [1.54, 1.807) is 0 Å². The van der Waals surface area contributed by atoms with E-state index < -0.39 is 0 Å². The molecule has 0 aromatic rings. The fraction of sp³-hybridized carbons (Fsp3) is 1.00. The third kappa shape index (κ3) is 101. The zero-order valence-electron chi connectivity index (χ0n) is 18.5. The first-order valence-corrected chi connectivity index (χ1v) is 10.2. The third-order valence-electron chi connectivity index (χ3n) is 2.44. The minimum Gasteiger partial charge on any atom is -0.0683 e. The van der Waals surface area contributed by atoms with Crippen LogP contribution in [0.25, 0.3) is 0 Å². The molecule has 0 aromatic heterocycles. The van der Waals surface area contributed by atoms with Crippen LogP contribution < -0.4 is 0 Å². The fourth-order valence-corrected chi connectivity index (χ4v) is 1.20. The van der Waals surface area contributed by atoms with E-state index in [1.165, 1.54) is 44.9 Å². The van der Waals surface area contributed by atoms with Gasteiger partial charge < -0.3 is 0 Å². The first kappa shape index (κ1) is 37.3. The Morgan fingerprint density at radius 1 is 0.524 bits per heavy atom. The topological polar surface area (TPSA) is 0 Å². The molecule has 0 fully saturated rings. The average molecular weight is 307 g/mol. The molecule has 0 heterocycles. The molecular weight excluding hydrogens is 252 g/mol. The van der Waals surface area contributed by atoms with Gasteiger partial charge in [0, 0.05) is 0 Å². The summed E-state index contributed by atoms with van der Waals surface area (Å²) in [5.41, 5.74) is 0. The summed E-state index contributed by atoms with van der Waals surface area (Å²) < 4.78 is 0.